The van der Waals surface area contributed by atoms with Crippen LogP contribution >= 0.6 is 0 Å². The lowest BCUT2D eigenvalue weighted by Crippen LogP contribution is -2.26. The number of rotatable bonds is 7. The maximum atomic E-state index is 12.0. The number of pyridine rings is 1. The van der Waals surface area contributed by atoms with Crippen molar-refractivity contribution in [3.8, 4) is 0 Å². The van der Waals surface area contributed by atoms with E-state index in [1.54, 1.807) is 6.20 Å². The number of aromatic nitrogens is 3. The molecule has 1 saturated carbocycles. The van der Waals surface area contributed by atoms with Crippen LogP contribution in [0.15, 0.2) is 18.3 Å². The summed E-state index contributed by atoms with van der Waals surface area (Å²) in [5, 5.41) is 3.05. The summed E-state index contributed by atoms with van der Waals surface area (Å²) in [6, 6.07) is 4.21. The Morgan fingerprint density at radius 3 is 2.92 bits per heavy atom. The Hall–Kier alpha value is -1.91. The highest BCUT2D eigenvalue weighted by molar-refractivity contribution is 5.76. The molecule has 1 N–H and O–H groups in total. The van der Waals surface area contributed by atoms with E-state index in [1.165, 1.54) is 25.7 Å². The van der Waals surface area contributed by atoms with E-state index in [-0.39, 0.29) is 5.91 Å². The van der Waals surface area contributed by atoms with Gasteiger partial charge in [0.15, 0.2) is 5.65 Å². The van der Waals surface area contributed by atoms with Crippen LogP contribution < -0.4 is 5.32 Å². The molecule has 5 heteroatoms. The fourth-order valence-corrected chi connectivity index (χ4v) is 3.73. The van der Waals surface area contributed by atoms with Crippen LogP contribution in [0.4, 0.5) is 0 Å². The SMILES string of the molecule is CC(C)n1c(CCNC(=O)CCC2CCCC2)nc2cccnc21. The van der Waals surface area contributed by atoms with Crippen LogP contribution in [0, 0.1) is 5.92 Å². The van der Waals surface area contributed by atoms with Gasteiger partial charge >= 0.3 is 0 Å². The Balaban J connectivity index is 1.53. The number of hydrogen-bond acceptors (Lipinski definition) is 3. The smallest absolute Gasteiger partial charge is 0.220 e. The zero-order chi connectivity index (χ0) is 16.9. The van der Waals surface area contributed by atoms with Gasteiger partial charge in [-0.25, -0.2) is 9.97 Å². The second kappa shape index (κ2) is 7.77. The van der Waals surface area contributed by atoms with Gasteiger partial charge in [-0.3, -0.25) is 4.79 Å². The third-order valence-electron chi connectivity index (χ3n) is 4.96. The molecule has 1 aliphatic rings. The second-order valence-corrected chi connectivity index (χ2v) is 7.13. The second-order valence-electron chi connectivity index (χ2n) is 7.13. The molecule has 1 fully saturated rings. The van der Waals surface area contributed by atoms with E-state index in [4.69, 9.17) is 0 Å². The molecule has 0 radical (unpaired) electrons. The van der Waals surface area contributed by atoms with Crippen molar-refractivity contribution in [3.63, 3.8) is 0 Å². The standard InChI is InChI=1S/C19H28N4O/c1-14(2)23-17(22-16-8-5-12-21-19(16)23)11-13-20-18(24)10-9-15-6-3-4-7-15/h5,8,12,14-15H,3-4,6-7,9-11,13H2,1-2H3,(H,20,24). The monoisotopic (exact) mass is 328 g/mol. The van der Waals surface area contributed by atoms with Gasteiger partial charge in [-0.2, -0.15) is 0 Å². The van der Waals surface area contributed by atoms with Crippen molar-refractivity contribution in [2.24, 2.45) is 5.92 Å². The lowest BCUT2D eigenvalue weighted by Gasteiger charge is -2.13. The summed E-state index contributed by atoms with van der Waals surface area (Å²) in [5.41, 5.74) is 1.85. The number of carbonyl (C=O) groups is 1. The molecule has 0 spiro atoms. The van der Waals surface area contributed by atoms with E-state index in [0.29, 0.717) is 19.0 Å². The highest BCUT2D eigenvalue weighted by Gasteiger charge is 2.17. The first-order valence-electron chi connectivity index (χ1n) is 9.23. The summed E-state index contributed by atoms with van der Waals surface area (Å²) < 4.78 is 2.17. The predicted octanol–water partition coefficient (Wildman–Crippen LogP) is 3.64. The van der Waals surface area contributed by atoms with Crippen LogP contribution in [-0.4, -0.2) is 27.0 Å². The van der Waals surface area contributed by atoms with Gasteiger partial charge in [-0.05, 0) is 38.3 Å². The molecule has 0 unspecified atom stereocenters. The van der Waals surface area contributed by atoms with Crippen LogP contribution in [0.1, 0.15) is 64.2 Å². The van der Waals surface area contributed by atoms with Crippen molar-refractivity contribution < 1.29 is 4.79 Å². The molecule has 2 aromatic rings. The molecule has 0 bridgehead atoms. The zero-order valence-electron chi connectivity index (χ0n) is 14.8. The summed E-state index contributed by atoms with van der Waals surface area (Å²) in [4.78, 5) is 21.2. The molecule has 2 aromatic heterocycles. The number of imidazole rings is 1. The van der Waals surface area contributed by atoms with Gasteiger partial charge < -0.3 is 9.88 Å². The van der Waals surface area contributed by atoms with Crippen LogP contribution in [-0.2, 0) is 11.2 Å². The van der Waals surface area contributed by atoms with E-state index in [2.05, 4.69) is 33.7 Å². The number of amides is 1. The van der Waals surface area contributed by atoms with E-state index >= 15 is 0 Å². The van der Waals surface area contributed by atoms with Crippen molar-refractivity contribution in [3.05, 3.63) is 24.2 Å². The number of hydrogen-bond donors (Lipinski definition) is 1. The van der Waals surface area contributed by atoms with Gasteiger partial charge in [0.1, 0.15) is 11.3 Å². The van der Waals surface area contributed by atoms with Gasteiger partial charge in [0.05, 0.1) is 0 Å². The molecular formula is C19H28N4O. The third-order valence-corrected chi connectivity index (χ3v) is 4.96. The first-order valence-corrected chi connectivity index (χ1v) is 9.23. The van der Waals surface area contributed by atoms with Gasteiger partial charge in [-0.15, -0.1) is 0 Å². The van der Waals surface area contributed by atoms with E-state index < -0.39 is 0 Å². The molecule has 3 rings (SSSR count). The van der Waals surface area contributed by atoms with Gasteiger partial charge in [0.25, 0.3) is 0 Å². The van der Waals surface area contributed by atoms with Crippen LogP contribution in [0.25, 0.3) is 11.2 Å². The Kier molecular flexibility index (Phi) is 5.48. The van der Waals surface area contributed by atoms with Crippen molar-refractivity contribution in [1.29, 1.82) is 0 Å². The van der Waals surface area contributed by atoms with Crippen molar-refractivity contribution in [2.45, 2.75) is 64.8 Å². The normalized spacial score (nSPS) is 15.5. The topological polar surface area (TPSA) is 59.8 Å². The summed E-state index contributed by atoms with van der Waals surface area (Å²) in [6.07, 6.45) is 9.53. The fraction of sp³-hybridized carbons (Fsp3) is 0.632. The van der Waals surface area contributed by atoms with E-state index in [1.807, 2.05) is 12.1 Å². The highest BCUT2D eigenvalue weighted by Crippen LogP contribution is 2.28. The van der Waals surface area contributed by atoms with Crippen molar-refractivity contribution in [1.82, 2.24) is 19.9 Å². The molecule has 1 amide bonds. The Morgan fingerprint density at radius 2 is 2.17 bits per heavy atom. The van der Waals surface area contributed by atoms with Crippen molar-refractivity contribution >= 4 is 17.1 Å². The predicted molar refractivity (Wildman–Crippen MR) is 95.8 cm³/mol. The van der Waals surface area contributed by atoms with Crippen LogP contribution in [0.3, 0.4) is 0 Å². The average molecular weight is 328 g/mol. The molecule has 0 aliphatic heterocycles. The fourth-order valence-electron chi connectivity index (χ4n) is 3.73. The van der Waals surface area contributed by atoms with Gasteiger partial charge in [-0.1, -0.05) is 25.7 Å². The Labute approximate surface area is 143 Å². The number of nitrogens with one attached hydrogen (secondary N) is 1. The summed E-state index contributed by atoms with van der Waals surface area (Å²) >= 11 is 0. The maximum absolute atomic E-state index is 12.0. The molecule has 1 aliphatic carbocycles. The lowest BCUT2D eigenvalue weighted by atomic mass is 10.0. The summed E-state index contributed by atoms with van der Waals surface area (Å²) in [7, 11) is 0. The maximum Gasteiger partial charge on any atom is 0.220 e. The molecule has 0 saturated heterocycles. The Morgan fingerprint density at radius 1 is 1.38 bits per heavy atom. The molecule has 2 heterocycles. The minimum Gasteiger partial charge on any atom is -0.356 e. The van der Waals surface area contributed by atoms with Gasteiger partial charge in [0, 0.05) is 31.6 Å². The van der Waals surface area contributed by atoms with Crippen LogP contribution in [0.2, 0.25) is 0 Å². The molecule has 24 heavy (non-hydrogen) atoms. The van der Waals surface area contributed by atoms with Gasteiger partial charge in [0.2, 0.25) is 5.91 Å². The lowest BCUT2D eigenvalue weighted by molar-refractivity contribution is -0.121. The minimum atomic E-state index is 0.173. The van der Waals surface area contributed by atoms with Crippen LogP contribution in [0.5, 0.6) is 0 Å². The number of nitrogens with zero attached hydrogens (tertiary/aromatic N) is 3. The zero-order valence-corrected chi connectivity index (χ0v) is 14.8. The molecule has 5 nitrogen and oxygen atoms in total. The molecule has 0 atom stereocenters. The molecule has 0 aromatic carbocycles. The quantitative estimate of drug-likeness (QED) is 0.844. The summed E-state index contributed by atoms with van der Waals surface area (Å²) in [5.74, 6) is 1.94. The first-order chi connectivity index (χ1) is 11.6. The molecule has 130 valence electrons. The van der Waals surface area contributed by atoms with Crippen molar-refractivity contribution in [2.75, 3.05) is 6.54 Å². The molecular weight excluding hydrogens is 300 g/mol. The first kappa shape index (κ1) is 16.9. The number of fused-ring (bicyclic) bond motifs is 1. The third kappa shape index (κ3) is 3.94. The summed E-state index contributed by atoms with van der Waals surface area (Å²) in [6.45, 7) is 4.92. The average Bonchev–Trinajstić information content (AvgIpc) is 3.20. The largest absolute Gasteiger partial charge is 0.356 e. The Bertz CT molecular complexity index is 686. The van der Waals surface area contributed by atoms with E-state index in [9.17, 15) is 4.79 Å². The van der Waals surface area contributed by atoms with E-state index in [0.717, 1.165) is 35.7 Å². The minimum absolute atomic E-state index is 0.173. The highest BCUT2D eigenvalue weighted by atomic mass is 16.1. The number of carbonyl (C=O) groups excluding carboxylic acids is 1.